The number of hydrogen-bond donors (Lipinski definition) is 0. The Morgan fingerprint density at radius 1 is 0.750 bits per heavy atom. The molecule has 0 aromatic rings. The average Bonchev–Trinajstić information content (AvgIpc) is 2.03. The van der Waals surface area contributed by atoms with Crippen LogP contribution in [0.5, 0.6) is 0 Å². The predicted octanol–water partition coefficient (Wildman–Crippen LogP) is 3.92. The Balaban J connectivity index is 0. The van der Waals surface area contributed by atoms with E-state index in [-0.39, 0.29) is 5.48 Å². The minimum absolute atomic E-state index is 0. The summed E-state index contributed by atoms with van der Waals surface area (Å²) < 4.78 is 1.46. The third kappa shape index (κ3) is 13.4. The van der Waals surface area contributed by atoms with E-state index in [4.69, 9.17) is 0 Å². The second kappa shape index (κ2) is 14.4. The van der Waals surface area contributed by atoms with Gasteiger partial charge in [0.25, 0.3) is 0 Å². The van der Waals surface area contributed by atoms with Crippen molar-refractivity contribution in [3.63, 3.8) is 0 Å². The van der Waals surface area contributed by atoms with E-state index in [1.165, 1.54) is 55.5 Å². The van der Waals surface area contributed by atoms with Crippen LogP contribution >= 0.6 is 0 Å². The smallest absolute Gasteiger partial charge is 0.870 e. The molecule has 0 fully saturated rings. The monoisotopic (exact) mass is 248 g/mol. The molecule has 12 heavy (non-hydrogen) atoms. The largest absolute Gasteiger partial charge is 0.870 e. The molecule has 72 valence electrons. The molecule has 1 nitrogen and oxygen atoms in total. The van der Waals surface area contributed by atoms with Gasteiger partial charge in [-0.05, 0) is 0 Å². The zero-order valence-electron chi connectivity index (χ0n) is 8.31. The van der Waals surface area contributed by atoms with Gasteiger partial charge in [-0.15, -0.1) is 0 Å². The van der Waals surface area contributed by atoms with Crippen molar-refractivity contribution in [1.82, 2.24) is 0 Å². The maximum Gasteiger partial charge on any atom is -0.870 e. The Kier molecular flexibility index (Phi) is 18.3. The molecular weight excluding hydrogens is 227 g/mol. The molecule has 0 atom stereocenters. The van der Waals surface area contributed by atoms with Crippen molar-refractivity contribution in [2.45, 2.75) is 62.4 Å². The minimum Gasteiger partial charge on any atom is -0.870 e. The Labute approximate surface area is 92.5 Å². The van der Waals surface area contributed by atoms with E-state index >= 15 is 0 Å². The van der Waals surface area contributed by atoms with E-state index in [1.807, 2.05) is 0 Å². The van der Waals surface area contributed by atoms with Gasteiger partial charge in [0.1, 0.15) is 0 Å². The van der Waals surface area contributed by atoms with Crippen LogP contribution in [-0.2, 0) is 24.7 Å². The first-order chi connectivity index (χ1) is 5.41. The van der Waals surface area contributed by atoms with Gasteiger partial charge in [-0.25, -0.2) is 0 Å². The zero-order chi connectivity index (χ0) is 8.36. The molecule has 0 radical (unpaired) electrons. The molecule has 0 bridgehead atoms. The van der Waals surface area contributed by atoms with Gasteiger partial charge in [-0.1, -0.05) is 0 Å². The van der Waals surface area contributed by atoms with Crippen molar-refractivity contribution in [3.8, 4) is 0 Å². The second-order valence-corrected chi connectivity index (χ2v) is 4.45. The molecule has 0 aliphatic heterocycles. The van der Waals surface area contributed by atoms with Gasteiger partial charge in [0.15, 0.2) is 0 Å². The summed E-state index contributed by atoms with van der Waals surface area (Å²) >= 11 is 1.71. The third-order valence-electron chi connectivity index (χ3n) is 2.03. The second-order valence-electron chi connectivity index (χ2n) is 3.22. The van der Waals surface area contributed by atoms with Gasteiger partial charge in [-0.3, -0.25) is 0 Å². The van der Waals surface area contributed by atoms with Crippen LogP contribution in [0, 0.1) is 0 Å². The van der Waals surface area contributed by atoms with Crippen molar-refractivity contribution >= 4 is 0 Å². The molecule has 0 rings (SSSR count). The molecule has 0 unspecified atom stereocenters. The first-order valence-electron chi connectivity index (χ1n) is 5.06. The van der Waals surface area contributed by atoms with Crippen molar-refractivity contribution in [2.24, 2.45) is 0 Å². The van der Waals surface area contributed by atoms with Crippen molar-refractivity contribution in [1.29, 1.82) is 0 Å². The molecule has 0 saturated carbocycles. The van der Waals surface area contributed by atoms with Crippen LogP contribution in [-0.4, -0.2) is 5.48 Å². The van der Waals surface area contributed by atoms with E-state index in [2.05, 4.69) is 6.92 Å². The summed E-state index contributed by atoms with van der Waals surface area (Å²) in [7, 11) is 0. The van der Waals surface area contributed by atoms with Gasteiger partial charge < -0.3 is 5.48 Å². The molecule has 0 aliphatic rings. The maximum atomic E-state index is 2.28. The number of unbranched alkanes of at least 4 members (excludes halogenated alkanes) is 7. The summed E-state index contributed by atoms with van der Waals surface area (Å²) in [6.07, 6.45) is 11.7. The summed E-state index contributed by atoms with van der Waals surface area (Å²) in [5.74, 6) is 0. The van der Waals surface area contributed by atoms with Crippen LogP contribution in [0.1, 0.15) is 58.3 Å². The van der Waals surface area contributed by atoms with E-state index in [9.17, 15) is 0 Å². The van der Waals surface area contributed by atoms with E-state index in [0.29, 0.717) is 0 Å². The van der Waals surface area contributed by atoms with E-state index < -0.39 is 0 Å². The quantitative estimate of drug-likeness (QED) is 0.600. The summed E-state index contributed by atoms with van der Waals surface area (Å²) in [5.41, 5.74) is 0. The Bertz CT molecular complexity index is 58.9. The van der Waals surface area contributed by atoms with Crippen LogP contribution in [0.25, 0.3) is 0 Å². The Morgan fingerprint density at radius 3 is 1.58 bits per heavy atom. The van der Waals surface area contributed by atoms with Gasteiger partial charge in [0, 0.05) is 0 Å². The summed E-state index contributed by atoms with van der Waals surface area (Å²) in [6.45, 7) is 2.28. The number of rotatable bonds is 8. The Hall–Kier alpha value is 0.843. The topological polar surface area (TPSA) is 30.0 Å². The van der Waals surface area contributed by atoms with Crippen LogP contribution in [0.2, 0.25) is 4.13 Å². The van der Waals surface area contributed by atoms with Gasteiger partial charge >= 0.3 is 87.1 Å². The minimum atomic E-state index is 0. The van der Waals surface area contributed by atoms with Gasteiger partial charge in [-0.2, -0.15) is 0 Å². The molecule has 0 heterocycles. The third-order valence-corrected chi connectivity index (χ3v) is 2.90. The average molecular weight is 250 g/mol. The molecule has 2 heteroatoms. The SMILES string of the molecule is CCCCCCCCC[CH2][Zr+].[OH-]. The Morgan fingerprint density at radius 2 is 1.17 bits per heavy atom. The zero-order valence-corrected chi connectivity index (χ0v) is 10.8. The maximum absolute atomic E-state index is 2.28. The first kappa shape index (κ1) is 15.3. The molecule has 0 saturated heterocycles. The fourth-order valence-electron chi connectivity index (χ4n) is 1.26. The molecule has 0 aromatic heterocycles. The standard InChI is InChI=1S/C10H21.H2O.Zr/c1-3-5-7-9-10-8-6-4-2;;/h1,3-10H2,2H3;1H2;/q;;+1/p-1. The normalized spacial score (nSPS) is 9.33. The number of hydrogen-bond acceptors (Lipinski definition) is 1. The van der Waals surface area contributed by atoms with Crippen LogP contribution in [0.15, 0.2) is 0 Å². The summed E-state index contributed by atoms with van der Waals surface area (Å²) in [5, 5.41) is 0. The molecule has 0 spiro atoms. The molecule has 0 amide bonds. The van der Waals surface area contributed by atoms with Crippen LogP contribution < -0.4 is 0 Å². The fraction of sp³-hybridized carbons (Fsp3) is 1.00. The molecular formula is C10H22OZr. The summed E-state index contributed by atoms with van der Waals surface area (Å²) in [4.78, 5) is 0. The van der Waals surface area contributed by atoms with E-state index in [1.54, 1.807) is 24.7 Å². The van der Waals surface area contributed by atoms with E-state index in [0.717, 1.165) is 0 Å². The fourth-order valence-corrected chi connectivity index (χ4v) is 1.87. The molecule has 1 N–H and O–H groups in total. The van der Waals surface area contributed by atoms with Crippen LogP contribution in [0.4, 0.5) is 0 Å². The van der Waals surface area contributed by atoms with Gasteiger partial charge in [0.2, 0.25) is 0 Å². The van der Waals surface area contributed by atoms with Crippen molar-refractivity contribution < 1.29 is 30.2 Å². The molecule has 0 aliphatic carbocycles. The van der Waals surface area contributed by atoms with Crippen molar-refractivity contribution in [2.75, 3.05) is 0 Å². The van der Waals surface area contributed by atoms with Crippen molar-refractivity contribution in [3.05, 3.63) is 0 Å². The summed E-state index contributed by atoms with van der Waals surface area (Å²) in [6, 6.07) is 0. The van der Waals surface area contributed by atoms with Gasteiger partial charge in [0.05, 0.1) is 0 Å². The first-order valence-corrected chi connectivity index (χ1v) is 6.80. The predicted molar refractivity (Wildman–Crippen MR) is 49.4 cm³/mol. The molecule has 0 aromatic carbocycles. The van der Waals surface area contributed by atoms with Crippen LogP contribution in [0.3, 0.4) is 0 Å².